The Bertz CT molecular complexity index is 897. The highest BCUT2D eigenvalue weighted by Crippen LogP contribution is 2.48. The summed E-state index contributed by atoms with van der Waals surface area (Å²) in [4.78, 5) is 12.3. The number of fused-ring (bicyclic) bond motifs is 1. The van der Waals surface area contributed by atoms with E-state index in [9.17, 15) is 9.90 Å². The van der Waals surface area contributed by atoms with Crippen LogP contribution in [0.3, 0.4) is 0 Å². The van der Waals surface area contributed by atoms with Crippen molar-refractivity contribution in [1.29, 1.82) is 0 Å². The van der Waals surface area contributed by atoms with Crippen LogP contribution in [0.25, 0.3) is 10.8 Å². The highest BCUT2D eigenvalue weighted by atomic mass is 16.7. The molecule has 0 bridgehead atoms. The number of ketones is 1. The van der Waals surface area contributed by atoms with Gasteiger partial charge in [0.2, 0.25) is 0 Å². The lowest BCUT2D eigenvalue weighted by Gasteiger charge is -2.42. The van der Waals surface area contributed by atoms with Crippen LogP contribution in [0.2, 0.25) is 0 Å². The van der Waals surface area contributed by atoms with Gasteiger partial charge in [0.05, 0.1) is 11.5 Å². The maximum Gasteiger partial charge on any atom is 0.295 e. The Hall–Kier alpha value is -2.59. The molecule has 24 heavy (non-hydrogen) atoms. The molecule has 2 aromatic rings. The Labute approximate surface area is 139 Å². The molecule has 4 nitrogen and oxygen atoms in total. The minimum Gasteiger partial charge on any atom is -0.444 e. The molecule has 1 aliphatic heterocycles. The number of benzene rings is 2. The van der Waals surface area contributed by atoms with Crippen LogP contribution in [-0.4, -0.2) is 22.8 Å². The Balaban J connectivity index is 1.73. The van der Waals surface area contributed by atoms with Crippen molar-refractivity contribution in [2.75, 3.05) is 0 Å². The van der Waals surface area contributed by atoms with Gasteiger partial charge < -0.3 is 14.6 Å². The summed E-state index contributed by atoms with van der Waals surface area (Å²) in [5, 5.41) is 12.3. The summed E-state index contributed by atoms with van der Waals surface area (Å²) in [6.07, 6.45) is 4.48. The molecule has 3 aliphatic rings. The third kappa shape index (κ3) is 1.74. The Morgan fingerprint density at radius 1 is 1.08 bits per heavy atom. The third-order valence-electron chi connectivity index (χ3n) is 5.05. The van der Waals surface area contributed by atoms with E-state index in [0.29, 0.717) is 18.4 Å². The van der Waals surface area contributed by atoms with Crippen molar-refractivity contribution in [3.8, 4) is 11.5 Å². The lowest BCUT2D eigenvalue weighted by Crippen LogP contribution is -2.49. The van der Waals surface area contributed by atoms with Gasteiger partial charge in [-0.05, 0) is 42.9 Å². The number of aliphatic hydroxyl groups excluding tert-OH is 1. The van der Waals surface area contributed by atoms with Crippen LogP contribution in [-0.2, 0) is 4.79 Å². The molecule has 1 spiro atoms. The van der Waals surface area contributed by atoms with Crippen molar-refractivity contribution in [3.05, 3.63) is 59.7 Å². The van der Waals surface area contributed by atoms with Crippen molar-refractivity contribution < 1.29 is 19.4 Å². The van der Waals surface area contributed by atoms with E-state index in [2.05, 4.69) is 0 Å². The maximum absolute atomic E-state index is 12.3. The van der Waals surface area contributed by atoms with E-state index in [1.54, 1.807) is 6.08 Å². The predicted octanol–water partition coefficient (Wildman–Crippen LogP) is 3.29. The van der Waals surface area contributed by atoms with E-state index in [-0.39, 0.29) is 5.78 Å². The Morgan fingerprint density at radius 3 is 2.50 bits per heavy atom. The normalized spacial score (nSPS) is 23.9. The summed E-state index contributed by atoms with van der Waals surface area (Å²) in [5.41, 5.74) is 1.19. The van der Waals surface area contributed by atoms with Gasteiger partial charge in [0.1, 0.15) is 11.5 Å². The minimum atomic E-state index is -1.13. The summed E-state index contributed by atoms with van der Waals surface area (Å²) >= 11 is 0. The zero-order chi connectivity index (χ0) is 16.3. The number of carbonyl (C=O) groups excluding carboxylic acids is 1. The smallest absolute Gasteiger partial charge is 0.295 e. The first-order chi connectivity index (χ1) is 11.7. The first-order valence-corrected chi connectivity index (χ1v) is 8.23. The van der Waals surface area contributed by atoms with Crippen LogP contribution in [0, 0.1) is 0 Å². The summed E-state index contributed by atoms with van der Waals surface area (Å²) in [6.45, 7) is 0. The van der Waals surface area contributed by atoms with Gasteiger partial charge in [-0.1, -0.05) is 24.3 Å². The quantitative estimate of drug-likeness (QED) is 0.809. The molecule has 5 rings (SSSR count). The summed E-state index contributed by atoms with van der Waals surface area (Å²) in [5.74, 6) is 0.195. The van der Waals surface area contributed by atoms with E-state index < -0.39 is 11.9 Å². The average Bonchev–Trinajstić information content (AvgIpc) is 2.59. The second-order valence-electron chi connectivity index (χ2n) is 6.48. The number of rotatable bonds is 0. The fraction of sp³-hybridized carbons (Fsp3) is 0.250. The fourth-order valence-corrected chi connectivity index (χ4v) is 3.99. The molecule has 0 saturated heterocycles. The zero-order valence-electron chi connectivity index (χ0n) is 13.0. The predicted molar refractivity (Wildman–Crippen MR) is 89.0 cm³/mol. The second-order valence-corrected chi connectivity index (χ2v) is 6.48. The largest absolute Gasteiger partial charge is 0.444 e. The molecule has 4 heteroatoms. The SMILES string of the molecule is O=C1C=CC2(Oc3cccc4cccc(c34)O2)C2=C1C(O)CCC2. The number of hydrogen-bond acceptors (Lipinski definition) is 4. The number of ether oxygens (including phenoxy) is 2. The van der Waals surface area contributed by atoms with Crippen LogP contribution in [0.4, 0.5) is 0 Å². The average molecular weight is 320 g/mol. The topological polar surface area (TPSA) is 55.8 Å². The van der Waals surface area contributed by atoms with Gasteiger partial charge in [-0.3, -0.25) is 4.79 Å². The molecule has 1 heterocycles. The summed E-state index contributed by atoms with van der Waals surface area (Å²) in [7, 11) is 0. The second kappa shape index (κ2) is 4.71. The van der Waals surface area contributed by atoms with Gasteiger partial charge in [-0.2, -0.15) is 0 Å². The minimum absolute atomic E-state index is 0.146. The van der Waals surface area contributed by atoms with Crippen molar-refractivity contribution in [2.24, 2.45) is 0 Å². The summed E-state index contributed by atoms with van der Waals surface area (Å²) in [6, 6.07) is 11.8. The van der Waals surface area contributed by atoms with Gasteiger partial charge >= 0.3 is 0 Å². The summed E-state index contributed by atoms with van der Waals surface area (Å²) < 4.78 is 12.5. The Kier molecular flexibility index (Phi) is 2.71. The van der Waals surface area contributed by atoms with Crippen LogP contribution in [0.15, 0.2) is 59.7 Å². The van der Waals surface area contributed by atoms with E-state index >= 15 is 0 Å². The molecule has 0 aromatic heterocycles. The van der Waals surface area contributed by atoms with Crippen LogP contribution >= 0.6 is 0 Å². The molecule has 120 valence electrons. The standard InChI is InChI=1S/C20H16O4/c21-14-7-3-6-13-19(14)15(22)10-11-20(13)23-16-8-1-4-12-5-2-9-17(24-20)18(12)16/h1-2,4-5,8-11,14,21H,3,6-7H2. The highest BCUT2D eigenvalue weighted by molar-refractivity contribution is 6.07. The number of allylic oxidation sites excluding steroid dienone is 1. The van der Waals surface area contributed by atoms with E-state index in [4.69, 9.17) is 9.47 Å². The van der Waals surface area contributed by atoms with Crippen molar-refractivity contribution in [2.45, 2.75) is 31.2 Å². The lowest BCUT2D eigenvalue weighted by molar-refractivity contribution is -0.114. The lowest BCUT2D eigenvalue weighted by atomic mass is 9.79. The molecule has 1 N–H and O–H groups in total. The van der Waals surface area contributed by atoms with Crippen molar-refractivity contribution >= 4 is 16.6 Å². The first-order valence-electron chi connectivity index (χ1n) is 8.23. The fourth-order valence-electron chi connectivity index (χ4n) is 3.99. The molecule has 0 radical (unpaired) electrons. The molecule has 0 saturated carbocycles. The van der Waals surface area contributed by atoms with Gasteiger partial charge in [0.15, 0.2) is 5.78 Å². The molecule has 2 aromatic carbocycles. The molecule has 0 fully saturated rings. The molecular formula is C20H16O4. The van der Waals surface area contributed by atoms with Crippen LogP contribution < -0.4 is 9.47 Å². The number of aliphatic hydroxyl groups is 1. The van der Waals surface area contributed by atoms with Crippen molar-refractivity contribution in [3.63, 3.8) is 0 Å². The highest BCUT2D eigenvalue weighted by Gasteiger charge is 2.47. The number of hydrogen-bond donors (Lipinski definition) is 1. The monoisotopic (exact) mass is 320 g/mol. The Morgan fingerprint density at radius 2 is 1.79 bits per heavy atom. The van der Waals surface area contributed by atoms with Crippen molar-refractivity contribution in [1.82, 2.24) is 0 Å². The zero-order valence-corrected chi connectivity index (χ0v) is 13.0. The first kappa shape index (κ1) is 13.8. The third-order valence-corrected chi connectivity index (χ3v) is 5.05. The molecule has 1 unspecified atom stereocenters. The van der Waals surface area contributed by atoms with Gasteiger partial charge in [-0.15, -0.1) is 0 Å². The number of carbonyl (C=O) groups is 1. The van der Waals surface area contributed by atoms with Gasteiger partial charge in [-0.25, -0.2) is 0 Å². The van der Waals surface area contributed by atoms with E-state index in [0.717, 1.165) is 34.3 Å². The molecular weight excluding hydrogens is 304 g/mol. The van der Waals surface area contributed by atoms with Crippen LogP contribution in [0.1, 0.15) is 19.3 Å². The van der Waals surface area contributed by atoms with Gasteiger partial charge in [0, 0.05) is 17.2 Å². The molecule has 2 aliphatic carbocycles. The molecule has 1 atom stereocenters. The molecule has 0 amide bonds. The maximum atomic E-state index is 12.3. The van der Waals surface area contributed by atoms with E-state index in [1.807, 2.05) is 36.4 Å². The van der Waals surface area contributed by atoms with E-state index in [1.165, 1.54) is 6.08 Å². The van der Waals surface area contributed by atoms with Gasteiger partial charge in [0.25, 0.3) is 5.79 Å². The van der Waals surface area contributed by atoms with Crippen LogP contribution in [0.5, 0.6) is 11.5 Å².